The number of H-pyrrole nitrogens is 1. The first kappa shape index (κ1) is 9.97. The summed E-state index contributed by atoms with van der Waals surface area (Å²) in [6.45, 7) is 0. The van der Waals surface area contributed by atoms with Crippen molar-refractivity contribution in [1.82, 2.24) is 9.97 Å². The van der Waals surface area contributed by atoms with E-state index in [2.05, 4.69) is 25.9 Å². The summed E-state index contributed by atoms with van der Waals surface area (Å²) in [6.07, 6.45) is 0. The molecule has 1 aromatic carbocycles. The maximum Gasteiger partial charge on any atom is 0.261 e. The Bertz CT molecular complexity index is 579. The van der Waals surface area contributed by atoms with Crippen molar-refractivity contribution < 1.29 is 4.74 Å². The molecule has 0 saturated carbocycles. The van der Waals surface area contributed by atoms with Gasteiger partial charge in [-0.25, -0.2) is 4.98 Å². The number of nitrogens with two attached hydrogens (primary N) is 1. The maximum atomic E-state index is 11.6. The number of aromatic nitrogens is 2. The standard InChI is InChI=1S/C9H8BrN3O2/c1-15-5-3-2-4(10)6-7(5)12-9(11)13-8(6)14/h2-3H,1H3,(H3,11,12,13,14). The monoisotopic (exact) mass is 269 g/mol. The van der Waals surface area contributed by atoms with Crippen LogP contribution in [0.4, 0.5) is 5.95 Å². The second-order valence-electron chi connectivity index (χ2n) is 2.92. The van der Waals surface area contributed by atoms with Crippen molar-refractivity contribution in [2.45, 2.75) is 0 Å². The molecule has 0 amide bonds. The molecule has 0 aliphatic carbocycles. The quantitative estimate of drug-likeness (QED) is 0.817. The lowest BCUT2D eigenvalue weighted by atomic mass is 10.2. The van der Waals surface area contributed by atoms with Crippen molar-refractivity contribution in [2.24, 2.45) is 0 Å². The fraction of sp³-hybridized carbons (Fsp3) is 0.111. The molecule has 2 aromatic rings. The minimum absolute atomic E-state index is 0.0731. The third-order valence-electron chi connectivity index (χ3n) is 2.01. The molecule has 0 unspecified atom stereocenters. The predicted octanol–water partition coefficient (Wildman–Crippen LogP) is 1.28. The number of ether oxygens (including phenoxy) is 1. The number of nitrogen functional groups attached to an aromatic ring is 1. The Labute approximate surface area is 93.4 Å². The molecule has 6 heteroatoms. The van der Waals surface area contributed by atoms with E-state index in [4.69, 9.17) is 10.5 Å². The Hall–Kier alpha value is -1.56. The molecule has 78 valence electrons. The van der Waals surface area contributed by atoms with Gasteiger partial charge in [-0.15, -0.1) is 0 Å². The zero-order chi connectivity index (χ0) is 11.0. The van der Waals surface area contributed by atoms with Gasteiger partial charge in [0, 0.05) is 4.47 Å². The highest BCUT2D eigenvalue weighted by Crippen LogP contribution is 2.27. The molecule has 0 fully saturated rings. The van der Waals surface area contributed by atoms with Gasteiger partial charge in [-0.3, -0.25) is 9.78 Å². The van der Waals surface area contributed by atoms with Gasteiger partial charge in [0.2, 0.25) is 5.95 Å². The van der Waals surface area contributed by atoms with E-state index in [9.17, 15) is 4.79 Å². The summed E-state index contributed by atoms with van der Waals surface area (Å²) in [5.74, 6) is 0.593. The number of benzene rings is 1. The van der Waals surface area contributed by atoms with Gasteiger partial charge < -0.3 is 10.5 Å². The van der Waals surface area contributed by atoms with Gasteiger partial charge in [0.15, 0.2) is 0 Å². The number of rotatable bonds is 1. The number of hydrogen-bond acceptors (Lipinski definition) is 4. The van der Waals surface area contributed by atoms with Gasteiger partial charge in [-0.05, 0) is 28.1 Å². The average Bonchev–Trinajstić information content (AvgIpc) is 2.17. The molecular weight excluding hydrogens is 262 g/mol. The minimum Gasteiger partial charge on any atom is -0.494 e. The van der Waals surface area contributed by atoms with Crippen molar-refractivity contribution >= 4 is 32.8 Å². The first-order valence-corrected chi connectivity index (χ1v) is 4.95. The number of methoxy groups -OCH3 is 1. The van der Waals surface area contributed by atoms with Crippen molar-refractivity contribution in [3.05, 3.63) is 27.0 Å². The van der Waals surface area contributed by atoms with E-state index in [1.807, 2.05) is 0 Å². The highest BCUT2D eigenvalue weighted by Gasteiger charge is 2.10. The lowest BCUT2D eigenvalue weighted by molar-refractivity contribution is 0.419. The second-order valence-corrected chi connectivity index (χ2v) is 3.78. The lowest BCUT2D eigenvalue weighted by Crippen LogP contribution is -2.12. The molecule has 2 rings (SSSR count). The van der Waals surface area contributed by atoms with Crippen LogP contribution in [0.25, 0.3) is 10.9 Å². The molecule has 15 heavy (non-hydrogen) atoms. The van der Waals surface area contributed by atoms with Crippen LogP contribution in [0.3, 0.4) is 0 Å². The molecule has 0 radical (unpaired) electrons. The molecule has 3 N–H and O–H groups in total. The van der Waals surface area contributed by atoms with Crippen LogP contribution in [0.1, 0.15) is 0 Å². The number of nitrogens with zero attached hydrogens (tertiary/aromatic N) is 1. The Balaban J connectivity index is 3.00. The van der Waals surface area contributed by atoms with Gasteiger partial charge in [-0.2, -0.15) is 0 Å². The van der Waals surface area contributed by atoms with Crippen LogP contribution in [-0.4, -0.2) is 17.1 Å². The molecule has 0 atom stereocenters. The second kappa shape index (κ2) is 3.54. The number of nitrogens with one attached hydrogen (secondary N) is 1. The number of hydrogen-bond donors (Lipinski definition) is 2. The Morgan fingerprint density at radius 3 is 2.93 bits per heavy atom. The summed E-state index contributed by atoms with van der Waals surface area (Å²) in [5, 5.41) is 0.434. The van der Waals surface area contributed by atoms with Crippen molar-refractivity contribution in [1.29, 1.82) is 0 Å². The highest BCUT2D eigenvalue weighted by molar-refractivity contribution is 9.10. The lowest BCUT2D eigenvalue weighted by Gasteiger charge is -2.05. The molecule has 1 heterocycles. The van der Waals surface area contributed by atoms with Crippen LogP contribution < -0.4 is 16.0 Å². The Morgan fingerprint density at radius 2 is 2.27 bits per heavy atom. The summed E-state index contributed by atoms with van der Waals surface area (Å²) >= 11 is 3.28. The summed E-state index contributed by atoms with van der Waals surface area (Å²) < 4.78 is 5.76. The van der Waals surface area contributed by atoms with E-state index in [-0.39, 0.29) is 11.5 Å². The summed E-state index contributed by atoms with van der Waals surface area (Å²) in [4.78, 5) is 18.1. The predicted molar refractivity (Wildman–Crippen MR) is 61.0 cm³/mol. The van der Waals surface area contributed by atoms with Gasteiger partial charge in [0.25, 0.3) is 5.56 Å². The summed E-state index contributed by atoms with van der Waals surface area (Å²) in [6, 6.07) is 3.45. The van der Waals surface area contributed by atoms with Crippen LogP contribution in [0.2, 0.25) is 0 Å². The normalized spacial score (nSPS) is 10.5. The van der Waals surface area contributed by atoms with Crippen LogP contribution in [-0.2, 0) is 0 Å². The highest BCUT2D eigenvalue weighted by atomic mass is 79.9. The number of halogens is 1. The molecule has 0 bridgehead atoms. The number of fused-ring (bicyclic) bond motifs is 1. The van der Waals surface area contributed by atoms with E-state index in [1.54, 1.807) is 12.1 Å². The fourth-order valence-corrected chi connectivity index (χ4v) is 1.87. The van der Waals surface area contributed by atoms with E-state index in [1.165, 1.54) is 7.11 Å². The molecule has 0 saturated heterocycles. The number of anilines is 1. The average molecular weight is 270 g/mol. The fourth-order valence-electron chi connectivity index (χ4n) is 1.37. The molecule has 0 aliphatic heterocycles. The molecular formula is C9H8BrN3O2. The van der Waals surface area contributed by atoms with Gasteiger partial charge in [0.1, 0.15) is 11.3 Å². The first-order chi connectivity index (χ1) is 7.13. The van der Waals surface area contributed by atoms with E-state index in [0.717, 1.165) is 0 Å². The van der Waals surface area contributed by atoms with Crippen LogP contribution in [0.5, 0.6) is 5.75 Å². The van der Waals surface area contributed by atoms with Crippen LogP contribution in [0, 0.1) is 0 Å². The summed E-state index contributed by atoms with van der Waals surface area (Å²) in [5.41, 5.74) is 5.62. The Morgan fingerprint density at radius 1 is 1.53 bits per heavy atom. The molecule has 5 nitrogen and oxygen atoms in total. The van der Waals surface area contributed by atoms with E-state index < -0.39 is 0 Å². The third-order valence-corrected chi connectivity index (χ3v) is 2.67. The first-order valence-electron chi connectivity index (χ1n) is 4.15. The maximum absolute atomic E-state index is 11.6. The van der Waals surface area contributed by atoms with Crippen molar-refractivity contribution in [2.75, 3.05) is 12.8 Å². The molecule has 0 aliphatic rings. The topological polar surface area (TPSA) is 81.0 Å². The zero-order valence-corrected chi connectivity index (χ0v) is 9.46. The number of aromatic amines is 1. The minimum atomic E-state index is -0.289. The molecule has 0 spiro atoms. The van der Waals surface area contributed by atoms with Crippen molar-refractivity contribution in [3.8, 4) is 5.75 Å². The van der Waals surface area contributed by atoms with Crippen LogP contribution >= 0.6 is 15.9 Å². The van der Waals surface area contributed by atoms with E-state index >= 15 is 0 Å². The van der Waals surface area contributed by atoms with Gasteiger partial charge in [0.05, 0.1) is 12.5 Å². The largest absolute Gasteiger partial charge is 0.494 e. The SMILES string of the molecule is COc1ccc(Br)c2c(=O)[nH]c(N)nc12. The smallest absolute Gasteiger partial charge is 0.261 e. The van der Waals surface area contributed by atoms with Crippen LogP contribution in [0.15, 0.2) is 21.4 Å². The van der Waals surface area contributed by atoms with Gasteiger partial charge >= 0.3 is 0 Å². The molecule has 1 aromatic heterocycles. The third kappa shape index (κ3) is 1.56. The van der Waals surface area contributed by atoms with Gasteiger partial charge in [-0.1, -0.05) is 0 Å². The van der Waals surface area contributed by atoms with Crippen molar-refractivity contribution in [3.63, 3.8) is 0 Å². The van der Waals surface area contributed by atoms with E-state index in [0.29, 0.717) is 21.1 Å². The Kier molecular flexibility index (Phi) is 2.36. The summed E-state index contributed by atoms with van der Waals surface area (Å²) in [7, 11) is 1.52. The zero-order valence-electron chi connectivity index (χ0n) is 7.87.